The molecule has 0 aliphatic carbocycles. The van der Waals surface area contributed by atoms with Gasteiger partial charge in [-0.2, -0.15) is 0 Å². The van der Waals surface area contributed by atoms with Gasteiger partial charge in [-0.25, -0.2) is 4.98 Å². The van der Waals surface area contributed by atoms with Crippen molar-refractivity contribution in [1.82, 2.24) is 9.55 Å². The summed E-state index contributed by atoms with van der Waals surface area (Å²) in [4.78, 5) is 33.8. The molecule has 1 aliphatic heterocycles. The first-order chi connectivity index (χ1) is 17.1. The predicted molar refractivity (Wildman–Crippen MR) is 133 cm³/mol. The van der Waals surface area contributed by atoms with Crippen LogP contribution in [-0.2, 0) is 20.7 Å². The molecular weight excluding hydrogens is 442 g/mol. The number of imidazole rings is 1. The van der Waals surface area contributed by atoms with E-state index in [-0.39, 0.29) is 12.5 Å². The van der Waals surface area contributed by atoms with Gasteiger partial charge in [0.2, 0.25) is 11.9 Å². The molecule has 7 heteroatoms. The maximum Gasteiger partial charge on any atom is 0.321 e. The summed E-state index contributed by atoms with van der Waals surface area (Å²) >= 11 is 0. The molecule has 178 valence electrons. The van der Waals surface area contributed by atoms with Gasteiger partial charge in [0.05, 0.1) is 30.8 Å². The van der Waals surface area contributed by atoms with Gasteiger partial charge in [-0.1, -0.05) is 60.7 Å². The number of amides is 1. The van der Waals surface area contributed by atoms with Crippen molar-refractivity contribution in [2.24, 2.45) is 5.92 Å². The number of carbonyl (C=O) groups excluding carboxylic acids is 2. The molecule has 0 fully saturated rings. The van der Waals surface area contributed by atoms with Crippen LogP contribution in [-0.4, -0.2) is 41.7 Å². The van der Waals surface area contributed by atoms with E-state index < -0.39 is 17.9 Å². The second kappa shape index (κ2) is 9.62. The van der Waals surface area contributed by atoms with Gasteiger partial charge >= 0.3 is 5.97 Å². The Kier molecular flexibility index (Phi) is 6.23. The van der Waals surface area contributed by atoms with E-state index in [4.69, 9.17) is 14.5 Å². The van der Waals surface area contributed by atoms with Gasteiger partial charge < -0.3 is 14.0 Å². The predicted octanol–water partition coefficient (Wildman–Crippen LogP) is 4.40. The summed E-state index contributed by atoms with van der Waals surface area (Å²) in [5, 5.41) is 0. The first-order valence-electron chi connectivity index (χ1n) is 11.8. The van der Waals surface area contributed by atoms with Gasteiger partial charge in [0, 0.05) is 12.1 Å². The Bertz CT molecular complexity index is 1370. The van der Waals surface area contributed by atoms with E-state index in [0.29, 0.717) is 24.7 Å². The van der Waals surface area contributed by atoms with Crippen molar-refractivity contribution in [2.75, 3.05) is 25.2 Å². The summed E-state index contributed by atoms with van der Waals surface area (Å²) in [7, 11) is 1.59. The van der Waals surface area contributed by atoms with Gasteiger partial charge in [0.25, 0.3) is 0 Å². The van der Waals surface area contributed by atoms with Crippen molar-refractivity contribution in [3.05, 3.63) is 90.0 Å². The summed E-state index contributed by atoms with van der Waals surface area (Å²) in [6, 6.07) is 24.5. The molecule has 1 amide bonds. The Morgan fingerprint density at radius 1 is 0.971 bits per heavy atom. The van der Waals surface area contributed by atoms with Crippen LogP contribution in [0, 0.1) is 5.92 Å². The summed E-state index contributed by atoms with van der Waals surface area (Å²) in [6.07, 6.45) is 0.630. The van der Waals surface area contributed by atoms with Gasteiger partial charge in [-0.3, -0.25) is 14.5 Å². The molecule has 2 atom stereocenters. The minimum absolute atomic E-state index is 0.183. The standard InChI is InChI=1S/C28H27N3O4/c1-3-35-27(33)24-25(20-13-7-10-16-23(20)34-2)31-22-15-9-8-14-21(22)29-28(31)30(26(24)32)18-17-19-11-5-4-6-12-19/h4-16,24-25H,3,17-18H2,1-2H3/t24-,25-/m1/s1. The van der Waals surface area contributed by atoms with E-state index in [9.17, 15) is 9.59 Å². The molecule has 0 saturated carbocycles. The highest BCUT2D eigenvalue weighted by atomic mass is 16.5. The fraction of sp³-hybridized carbons (Fsp3) is 0.250. The SMILES string of the molecule is CCOC(=O)[C@H]1C(=O)N(CCc2ccccc2)c2nc3ccccc3n2[C@@H]1c1ccccc1OC. The zero-order valence-corrected chi connectivity index (χ0v) is 19.8. The van der Waals surface area contributed by atoms with Crippen LogP contribution in [0.15, 0.2) is 78.9 Å². The number of hydrogen-bond donors (Lipinski definition) is 0. The minimum Gasteiger partial charge on any atom is -0.496 e. The van der Waals surface area contributed by atoms with Crippen molar-refractivity contribution < 1.29 is 19.1 Å². The third-order valence-corrected chi connectivity index (χ3v) is 6.41. The lowest BCUT2D eigenvalue weighted by Gasteiger charge is -2.38. The molecule has 4 aromatic rings. The monoisotopic (exact) mass is 469 g/mol. The fourth-order valence-corrected chi connectivity index (χ4v) is 4.83. The quantitative estimate of drug-likeness (QED) is 0.296. The minimum atomic E-state index is -1.08. The van der Waals surface area contributed by atoms with Crippen molar-refractivity contribution in [3.63, 3.8) is 0 Å². The largest absolute Gasteiger partial charge is 0.496 e. The third kappa shape index (κ3) is 4.03. The third-order valence-electron chi connectivity index (χ3n) is 6.41. The van der Waals surface area contributed by atoms with Gasteiger partial charge in [-0.05, 0) is 37.1 Å². The van der Waals surface area contributed by atoms with Crippen LogP contribution in [0.2, 0.25) is 0 Å². The molecule has 2 heterocycles. The second-order valence-corrected chi connectivity index (χ2v) is 8.41. The lowest BCUT2D eigenvalue weighted by atomic mass is 9.88. The first kappa shape index (κ1) is 22.7. The van der Waals surface area contributed by atoms with Crippen molar-refractivity contribution in [3.8, 4) is 5.75 Å². The smallest absolute Gasteiger partial charge is 0.321 e. The van der Waals surface area contributed by atoms with E-state index in [2.05, 4.69) is 0 Å². The molecule has 0 N–H and O–H groups in total. The molecule has 0 saturated heterocycles. The van der Waals surface area contributed by atoms with Crippen molar-refractivity contribution in [2.45, 2.75) is 19.4 Å². The molecule has 35 heavy (non-hydrogen) atoms. The van der Waals surface area contributed by atoms with E-state index in [1.165, 1.54) is 0 Å². The molecular formula is C28H27N3O4. The number of methoxy groups -OCH3 is 1. The number of carbonyl (C=O) groups is 2. The number of fused-ring (bicyclic) bond motifs is 3. The Balaban J connectivity index is 1.71. The Morgan fingerprint density at radius 3 is 2.46 bits per heavy atom. The molecule has 3 aromatic carbocycles. The average Bonchev–Trinajstić information content (AvgIpc) is 3.27. The number of nitrogens with zero attached hydrogens (tertiary/aromatic N) is 3. The van der Waals surface area contributed by atoms with E-state index >= 15 is 0 Å². The van der Waals surface area contributed by atoms with Crippen LogP contribution < -0.4 is 9.64 Å². The number of ether oxygens (including phenoxy) is 2. The Labute approximate surface area is 203 Å². The summed E-state index contributed by atoms with van der Waals surface area (Å²) in [6.45, 7) is 2.32. The topological polar surface area (TPSA) is 73.7 Å². The zero-order valence-electron chi connectivity index (χ0n) is 19.8. The highest BCUT2D eigenvalue weighted by Gasteiger charge is 2.48. The van der Waals surface area contributed by atoms with Crippen LogP contribution in [0.3, 0.4) is 0 Å². The average molecular weight is 470 g/mol. The van der Waals surface area contributed by atoms with Gasteiger partial charge in [0.15, 0.2) is 5.92 Å². The van der Waals surface area contributed by atoms with E-state index in [0.717, 1.165) is 22.2 Å². The Morgan fingerprint density at radius 2 is 1.69 bits per heavy atom. The van der Waals surface area contributed by atoms with Crippen LogP contribution in [0.1, 0.15) is 24.1 Å². The molecule has 1 aromatic heterocycles. The van der Waals surface area contributed by atoms with Gasteiger partial charge in [0.1, 0.15) is 5.75 Å². The van der Waals surface area contributed by atoms with E-state index in [1.807, 2.05) is 83.4 Å². The lowest BCUT2D eigenvalue weighted by molar-refractivity contribution is -0.153. The molecule has 0 spiro atoms. The lowest BCUT2D eigenvalue weighted by Crippen LogP contribution is -2.50. The number of rotatable bonds is 7. The molecule has 5 rings (SSSR count). The second-order valence-electron chi connectivity index (χ2n) is 8.41. The number of para-hydroxylation sites is 3. The number of aromatic nitrogens is 2. The highest BCUT2D eigenvalue weighted by molar-refractivity contribution is 6.08. The maximum atomic E-state index is 14.0. The zero-order chi connectivity index (χ0) is 24.4. The molecule has 7 nitrogen and oxygen atoms in total. The molecule has 0 bridgehead atoms. The van der Waals surface area contributed by atoms with Crippen LogP contribution in [0.5, 0.6) is 5.75 Å². The van der Waals surface area contributed by atoms with E-state index in [1.54, 1.807) is 18.9 Å². The van der Waals surface area contributed by atoms with Crippen molar-refractivity contribution >= 4 is 28.9 Å². The molecule has 0 radical (unpaired) electrons. The number of benzene rings is 3. The normalized spacial score (nSPS) is 17.3. The highest BCUT2D eigenvalue weighted by Crippen LogP contribution is 2.43. The van der Waals surface area contributed by atoms with Crippen LogP contribution in [0.4, 0.5) is 5.95 Å². The summed E-state index contributed by atoms with van der Waals surface area (Å²) in [5.41, 5.74) is 3.42. The van der Waals surface area contributed by atoms with Crippen LogP contribution >= 0.6 is 0 Å². The maximum absolute atomic E-state index is 14.0. The van der Waals surface area contributed by atoms with Gasteiger partial charge in [-0.15, -0.1) is 0 Å². The number of esters is 1. The molecule has 0 unspecified atom stereocenters. The fourth-order valence-electron chi connectivity index (χ4n) is 4.83. The van der Waals surface area contributed by atoms with Crippen molar-refractivity contribution in [1.29, 1.82) is 0 Å². The number of anilines is 1. The summed E-state index contributed by atoms with van der Waals surface area (Å²) in [5.74, 6) is -0.837. The Hall–Kier alpha value is -4.13. The first-order valence-corrected chi connectivity index (χ1v) is 11.8. The van der Waals surface area contributed by atoms with Crippen LogP contribution in [0.25, 0.3) is 11.0 Å². The summed E-state index contributed by atoms with van der Waals surface area (Å²) < 4.78 is 13.1. The molecule has 1 aliphatic rings. The number of hydrogen-bond acceptors (Lipinski definition) is 5.